The molecular formula is C17H25N3O2. The van der Waals surface area contributed by atoms with Crippen molar-refractivity contribution in [3.8, 4) is 0 Å². The molecule has 5 nitrogen and oxygen atoms in total. The minimum absolute atomic E-state index is 0.350. The van der Waals surface area contributed by atoms with Crippen molar-refractivity contribution in [3.05, 3.63) is 29.3 Å². The summed E-state index contributed by atoms with van der Waals surface area (Å²) in [5, 5.41) is 5.39. The zero-order chi connectivity index (χ0) is 16.1. The molecule has 1 saturated heterocycles. The van der Waals surface area contributed by atoms with E-state index in [-0.39, 0.29) is 0 Å². The highest BCUT2D eigenvalue weighted by atomic mass is 16.2. The number of likely N-dealkylation sites (tertiary alicyclic amines) is 1. The van der Waals surface area contributed by atoms with Crippen molar-refractivity contribution < 1.29 is 9.59 Å². The van der Waals surface area contributed by atoms with Crippen molar-refractivity contribution in [2.75, 3.05) is 25.0 Å². The number of hydrogen-bond acceptors (Lipinski definition) is 3. The standard InChI is InChI=1S/C17H25N3O2/c1-4-20-9-5-6-15(20)11-18-16(21)17(22)19-14-8-7-12(2)13(3)10-14/h7-8,10,15H,4-6,9,11H2,1-3H3,(H,18,21)(H,19,22)/t15-/m0/s1. The molecule has 0 unspecified atom stereocenters. The highest BCUT2D eigenvalue weighted by Gasteiger charge is 2.24. The average molecular weight is 303 g/mol. The van der Waals surface area contributed by atoms with Crippen molar-refractivity contribution in [2.24, 2.45) is 0 Å². The Labute approximate surface area is 132 Å². The molecule has 1 aromatic carbocycles. The first-order valence-electron chi connectivity index (χ1n) is 7.91. The van der Waals surface area contributed by atoms with Gasteiger partial charge in [-0.15, -0.1) is 0 Å². The number of carbonyl (C=O) groups excluding carboxylic acids is 2. The average Bonchev–Trinajstić information content (AvgIpc) is 2.96. The van der Waals surface area contributed by atoms with Crippen molar-refractivity contribution in [1.82, 2.24) is 10.2 Å². The monoisotopic (exact) mass is 303 g/mol. The number of benzene rings is 1. The summed E-state index contributed by atoms with van der Waals surface area (Å²) in [7, 11) is 0. The highest BCUT2D eigenvalue weighted by Crippen LogP contribution is 2.16. The van der Waals surface area contributed by atoms with Crippen LogP contribution in [0, 0.1) is 13.8 Å². The maximum atomic E-state index is 11.9. The number of nitrogens with one attached hydrogen (secondary N) is 2. The number of rotatable bonds is 4. The number of aryl methyl sites for hydroxylation is 2. The highest BCUT2D eigenvalue weighted by molar-refractivity contribution is 6.39. The molecule has 1 aliphatic heterocycles. The summed E-state index contributed by atoms with van der Waals surface area (Å²) in [5.74, 6) is -1.18. The molecule has 0 aromatic heterocycles. The molecule has 5 heteroatoms. The molecule has 1 heterocycles. The van der Waals surface area contributed by atoms with Crippen LogP contribution in [-0.4, -0.2) is 42.4 Å². The van der Waals surface area contributed by atoms with Crippen LogP contribution >= 0.6 is 0 Å². The molecule has 1 aromatic rings. The van der Waals surface area contributed by atoms with E-state index >= 15 is 0 Å². The van der Waals surface area contributed by atoms with Crippen LogP contribution in [0.25, 0.3) is 0 Å². The minimum atomic E-state index is -0.607. The molecule has 2 rings (SSSR count). The summed E-state index contributed by atoms with van der Waals surface area (Å²) < 4.78 is 0. The van der Waals surface area contributed by atoms with Gasteiger partial charge in [-0.1, -0.05) is 13.0 Å². The number of amides is 2. The van der Waals surface area contributed by atoms with Crippen LogP contribution in [-0.2, 0) is 9.59 Å². The third kappa shape index (κ3) is 4.07. The van der Waals surface area contributed by atoms with Gasteiger partial charge in [-0.25, -0.2) is 0 Å². The van der Waals surface area contributed by atoms with E-state index in [2.05, 4.69) is 22.5 Å². The molecular weight excluding hydrogens is 278 g/mol. The molecule has 0 saturated carbocycles. The molecule has 1 aliphatic rings. The van der Waals surface area contributed by atoms with Gasteiger partial charge in [0.15, 0.2) is 0 Å². The van der Waals surface area contributed by atoms with Crippen LogP contribution in [0.15, 0.2) is 18.2 Å². The van der Waals surface area contributed by atoms with Gasteiger partial charge in [0.25, 0.3) is 0 Å². The predicted molar refractivity (Wildman–Crippen MR) is 87.8 cm³/mol. The second-order valence-corrected chi connectivity index (χ2v) is 5.89. The van der Waals surface area contributed by atoms with Crippen LogP contribution in [0.3, 0.4) is 0 Å². The summed E-state index contributed by atoms with van der Waals surface area (Å²) in [4.78, 5) is 26.2. The van der Waals surface area contributed by atoms with E-state index in [0.29, 0.717) is 18.3 Å². The lowest BCUT2D eigenvalue weighted by molar-refractivity contribution is -0.136. The van der Waals surface area contributed by atoms with Crippen LogP contribution < -0.4 is 10.6 Å². The van der Waals surface area contributed by atoms with E-state index in [0.717, 1.165) is 37.1 Å². The first-order chi connectivity index (χ1) is 10.5. The summed E-state index contributed by atoms with van der Waals surface area (Å²) in [6.45, 7) is 8.69. The molecule has 0 bridgehead atoms. The molecule has 1 fully saturated rings. The zero-order valence-electron chi connectivity index (χ0n) is 13.6. The Bertz CT molecular complexity index is 557. The number of carbonyl (C=O) groups is 2. The first kappa shape index (κ1) is 16.5. The lowest BCUT2D eigenvalue weighted by atomic mass is 10.1. The van der Waals surface area contributed by atoms with Gasteiger partial charge in [-0.05, 0) is 63.0 Å². The summed E-state index contributed by atoms with van der Waals surface area (Å²) >= 11 is 0. The Balaban J connectivity index is 1.84. The number of likely N-dealkylation sites (N-methyl/N-ethyl adjacent to an activating group) is 1. The maximum absolute atomic E-state index is 11.9. The van der Waals surface area contributed by atoms with E-state index in [1.165, 1.54) is 0 Å². The Hall–Kier alpha value is -1.88. The fourth-order valence-electron chi connectivity index (χ4n) is 2.84. The number of anilines is 1. The molecule has 2 amide bonds. The second-order valence-electron chi connectivity index (χ2n) is 5.89. The molecule has 1 atom stereocenters. The molecule has 0 spiro atoms. The Kier molecular flexibility index (Phi) is 5.55. The van der Waals surface area contributed by atoms with Gasteiger partial charge in [-0.3, -0.25) is 14.5 Å². The zero-order valence-corrected chi connectivity index (χ0v) is 13.6. The van der Waals surface area contributed by atoms with Gasteiger partial charge in [0.05, 0.1) is 0 Å². The van der Waals surface area contributed by atoms with Crippen LogP contribution in [0.5, 0.6) is 0 Å². The maximum Gasteiger partial charge on any atom is 0.313 e. The third-order valence-corrected chi connectivity index (χ3v) is 4.37. The van der Waals surface area contributed by atoms with Crippen molar-refractivity contribution in [2.45, 2.75) is 39.7 Å². The number of hydrogen-bond donors (Lipinski definition) is 2. The first-order valence-corrected chi connectivity index (χ1v) is 7.91. The van der Waals surface area contributed by atoms with Crippen LogP contribution in [0.1, 0.15) is 30.9 Å². The van der Waals surface area contributed by atoms with Gasteiger partial charge >= 0.3 is 11.8 Å². The van der Waals surface area contributed by atoms with E-state index in [1.54, 1.807) is 0 Å². The summed E-state index contributed by atoms with van der Waals surface area (Å²) in [6.07, 6.45) is 2.23. The molecule has 0 aliphatic carbocycles. The molecule has 2 N–H and O–H groups in total. The van der Waals surface area contributed by atoms with Gasteiger partial charge in [-0.2, -0.15) is 0 Å². The van der Waals surface area contributed by atoms with Crippen molar-refractivity contribution >= 4 is 17.5 Å². The lowest BCUT2D eigenvalue weighted by Gasteiger charge is -2.22. The third-order valence-electron chi connectivity index (χ3n) is 4.37. The van der Waals surface area contributed by atoms with Crippen LogP contribution in [0.4, 0.5) is 5.69 Å². The summed E-state index contributed by atoms with van der Waals surface area (Å²) in [5.41, 5.74) is 2.89. The minimum Gasteiger partial charge on any atom is -0.346 e. The Morgan fingerprint density at radius 3 is 2.68 bits per heavy atom. The fourth-order valence-corrected chi connectivity index (χ4v) is 2.84. The lowest BCUT2D eigenvalue weighted by Crippen LogP contribution is -2.43. The van der Waals surface area contributed by atoms with E-state index < -0.39 is 11.8 Å². The molecule has 120 valence electrons. The van der Waals surface area contributed by atoms with Crippen molar-refractivity contribution in [1.29, 1.82) is 0 Å². The van der Waals surface area contributed by atoms with Gasteiger partial charge in [0.2, 0.25) is 0 Å². The largest absolute Gasteiger partial charge is 0.346 e. The quantitative estimate of drug-likeness (QED) is 0.834. The fraction of sp³-hybridized carbons (Fsp3) is 0.529. The van der Waals surface area contributed by atoms with Gasteiger partial charge in [0.1, 0.15) is 0 Å². The smallest absolute Gasteiger partial charge is 0.313 e. The Morgan fingerprint density at radius 1 is 1.23 bits per heavy atom. The van der Waals surface area contributed by atoms with Gasteiger partial charge in [0, 0.05) is 18.3 Å². The Morgan fingerprint density at radius 2 is 2.00 bits per heavy atom. The summed E-state index contributed by atoms with van der Waals surface area (Å²) in [6, 6.07) is 5.96. The van der Waals surface area contributed by atoms with Gasteiger partial charge < -0.3 is 10.6 Å². The second kappa shape index (κ2) is 7.40. The SMILES string of the molecule is CCN1CCC[C@H]1CNC(=O)C(=O)Nc1ccc(C)c(C)c1. The van der Waals surface area contributed by atoms with Crippen LogP contribution in [0.2, 0.25) is 0 Å². The topological polar surface area (TPSA) is 61.4 Å². The van der Waals surface area contributed by atoms with E-state index in [1.807, 2.05) is 32.0 Å². The normalized spacial score (nSPS) is 18.2. The molecule has 0 radical (unpaired) electrons. The van der Waals surface area contributed by atoms with Crippen molar-refractivity contribution in [3.63, 3.8) is 0 Å². The van der Waals surface area contributed by atoms with E-state index in [9.17, 15) is 9.59 Å². The predicted octanol–water partition coefficient (Wildman–Crippen LogP) is 1.84. The molecule has 22 heavy (non-hydrogen) atoms. The number of nitrogens with zero attached hydrogens (tertiary/aromatic N) is 1. The van der Waals surface area contributed by atoms with E-state index in [4.69, 9.17) is 0 Å².